The van der Waals surface area contributed by atoms with Gasteiger partial charge >= 0.3 is 12.1 Å². The lowest BCUT2D eigenvalue weighted by Gasteiger charge is -2.26. The number of benzene rings is 1. The lowest BCUT2D eigenvalue weighted by atomic mass is 10.0. The summed E-state index contributed by atoms with van der Waals surface area (Å²) in [5.74, 6) is -1.91. The number of fused-ring (bicyclic) bond motifs is 5. The highest BCUT2D eigenvalue weighted by atomic mass is 35.5. The van der Waals surface area contributed by atoms with Gasteiger partial charge in [0.1, 0.15) is 22.7 Å². The minimum Gasteiger partial charge on any atom is -0.508 e. The summed E-state index contributed by atoms with van der Waals surface area (Å²) in [5, 5.41) is 21.7. The van der Waals surface area contributed by atoms with Gasteiger partial charge in [0.15, 0.2) is 0 Å². The van der Waals surface area contributed by atoms with Crippen molar-refractivity contribution in [3.8, 4) is 5.75 Å². The number of carbonyl (C=O) groups excluding carboxylic acids is 1. The molecule has 218 valence electrons. The highest BCUT2D eigenvalue weighted by Crippen LogP contribution is 2.39. The van der Waals surface area contributed by atoms with E-state index in [1.807, 2.05) is 11.0 Å². The number of amides is 1. The van der Waals surface area contributed by atoms with E-state index in [-0.39, 0.29) is 11.7 Å². The number of rotatable bonds is 5. The van der Waals surface area contributed by atoms with Crippen molar-refractivity contribution in [2.45, 2.75) is 56.9 Å². The van der Waals surface area contributed by atoms with E-state index in [2.05, 4.69) is 20.2 Å². The van der Waals surface area contributed by atoms with Crippen LogP contribution in [0.2, 0.25) is 5.02 Å². The highest BCUT2D eigenvalue weighted by molar-refractivity contribution is 7.19. The summed E-state index contributed by atoms with van der Waals surface area (Å²) >= 11 is 7.70. The van der Waals surface area contributed by atoms with Crippen LogP contribution >= 0.6 is 22.9 Å². The number of halogens is 4. The summed E-state index contributed by atoms with van der Waals surface area (Å²) < 4.78 is 31.7. The van der Waals surface area contributed by atoms with Crippen LogP contribution in [0.4, 0.5) is 24.7 Å². The zero-order chi connectivity index (χ0) is 29.3. The molecule has 2 saturated heterocycles. The first-order valence-electron chi connectivity index (χ1n) is 13.0. The molecular formula is C27H27ClF3N5O4S. The summed E-state index contributed by atoms with van der Waals surface area (Å²) in [7, 11) is 0. The number of aromatic hydroxyl groups is 1. The van der Waals surface area contributed by atoms with Gasteiger partial charge in [-0.1, -0.05) is 17.7 Å². The molecule has 5 heterocycles. The molecule has 9 nitrogen and oxygen atoms in total. The molecule has 0 unspecified atom stereocenters. The van der Waals surface area contributed by atoms with Gasteiger partial charge in [-0.25, -0.2) is 14.8 Å². The Balaban J connectivity index is 0.000000431. The molecule has 0 aliphatic carbocycles. The number of nitrogens with zero attached hydrogens (tertiary/aromatic N) is 4. The maximum Gasteiger partial charge on any atom is 0.490 e. The van der Waals surface area contributed by atoms with Crippen LogP contribution in [0.3, 0.4) is 0 Å². The molecule has 0 radical (unpaired) electrons. The monoisotopic (exact) mass is 609 g/mol. The number of alkyl halides is 3. The number of hydrogen-bond acceptors (Lipinski definition) is 8. The van der Waals surface area contributed by atoms with Crippen LogP contribution in [-0.4, -0.2) is 73.2 Å². The van der Waals surface area contributed by atoms with E-state index in [4.69, 9.17) is 21.5 Å². The number of phenols is 1. The van der Waals surface area contributed by atoms with Crippen molar-refractivity contribution >= 4 is 56.5 Å². The average Bonchev–Trinajstić information content (AvgIpc) is 3.60. The van der Waals surface area contributed by atoms with Crippen LogP contribution in [0.15, 0.2) is 36.7 Å². The predicted molar refractivity (Wildman–Crippen MR) is 149 cm³/mol. The van der Waals surface area contributed by atoms with Crippen molar-refractivity contribution < 1.29 is 33.0 Å². The Hall–Kier alpha value is -3.42. The molecule has 41 heavy (non-hydrogen) atoms. The van der Waals surface area contributed by atoms with Gasteiger partial charge in [0.05, 0.1) is 11.9 Å². The van der Waals surface area contributed by atoms with Crippen LogP contribution in [0, 0.1) is 0 Å². The van der Waals surface area contributed by atoms with Crippen molar-refractivity contribution in [1.29, 1.82) is 0 Å². The predicted octanol–water partition coefficient (Wildman–Crippen LogP) is 5.49. The van der Waals surface area contributed by atoms with Gasteiger partial charge in [0.2, 0.25) is 5.91 Å². The zero-order valence-corrected chi connectivity index (χ0v) is 23.3. The Labute approximate surface area is 242 Å². The quantitative estimate of drug-likeness (QED) is 0.325. The van der Waals surface area contributed by atoms with Crippen molar-refractivity contribution in [3.05, 3.63) is 52.1 Å². The van der Waals surface area contributed by atoms with E-state index in [1.54, 1.807) is 29.5 Å². The fourth-order valence-corrected chi connectivity index (χ4v) is 7.12. The Kier molecular flexibility index (Phi) is 8.39. The molecule has 3 N–H and O–H groups in total. The van der Waals surface area contributed by atoms with Crippen LogP contribution in [0.1, 0.15) is 36.1 Å². The van der Waals surface area contributed by atoms with Crippen LogP contribution < -0.4 is 5.32 Å². The fourth-order valence-electron chi connectivity index (χ4n) is 5.69. The number of thiophene rings is 1. The Morgan fingerprint density at radius 1 is 1.15 bits per heavy atom. The number of anilines is 2. The number of nitrogens with one attached hydrogen (secondary N) is 1. The van der Waals surface area contributed by atoms with Crippen LogP contribution in [-0.2, 0) is 22.6 Å². The molecule has 14 heteroatoms. The fraction of sp³-hybridized carbons (Fsp3) is 0.407. The van der Waals surface area contributed by atoms with Crippen molar-refractivity contribution in [1.82, 2.24) is 19.8 Å². The van der Waals surface area contributed by atoms with Crippen molar-refractivity contribution in [3.63, 3.8) is 0 Å². The second kappa shape index (κ2) is 11.8. The second-order valence-electron chi connectivity index (χ2n) is 10.1. The first kappa shape index (κ1) is 29.1. The third-order valence-corrected chi connectivity index (χ3v) is 8.86. The lowest BCUT2D eigenvalue weighted by molar-refractivity contribution is -0.192. The summed E-state index contributed by atoms with van der Waals surface area (Å²) in [6, 6.07) is 6.29. The molecule has 0 spiro atoms. The van der Waals surface area contributed by atoms with Gasteiger partial charge < -0.3 is 20.4 Å². The maximum absolute atomic E-state index is 12.9. The minimum absolute atomic E-state index is 0.0773. The van der Waals surface area contributed by atoms with E-state index in [1.165, 1.54) is 43.6 Å². The van der Waals surface area contributed by atoms with Crippen LogP contribution in [0.25, 0.3) is 10.2 Å². The van der Waals surface area contributed by atoms with Crippen LogP contribution in [0.5, 0.6) is 5.75 Å². The number of carboxylic acid groups (broad SMARTS) is 1. The molecule has 2 fully saturated rings. The lowest BCUT2D eigenvalue weighted by Crippen LogP contribution is -2.34. The zero-order valence-electron chi connectivity index (χ0n) is 21.7. The average molecular weight is 610 g/mol. The molecule has 2 bridgehead atoms. The molecule has 3 aliphatic heterocycles. The minimum atomic E-state index is -5.08. The van der Waals surface area contributed by atoms with E-state index in [0.29, 0.717) is 29.6 Å². The Morgan fingerprint density at radius 3 is 2.46 bits per heavy atom. The van der Waals surface area contributed by atoms with E-state index < -0.39 is 12.1 Å². The first-order chi connectivity index (χ1) is 19.5. The summed E-state index contributed by atoms with van der Waals surface area (Å²) in [4.78, 5) is 37.3. The normalized spacial score (nSPS) is 20.2. The smallest absolute Gasteiger partial charge is 0.490 e. The molecule has 3 aliphatic rings. The number of aromatic nitrogens is 2. The molecule has 1 aromatic carbocycles. The standard InChI is InChI=1S/C25H26ClN5O2S.C2HF3O2/c26-15-10-16(12-19(32)11-15)29-24-23-20-7-9-30(13-21(20)34-25(23)28-14-27-24)22(33)2-1-8-31-17-3-4-18(31)6-5-17;3-2(4,5)1(6)7/h1-2,10-12,14,17-18,32H,3-9,13H2,(H,27,28,29);(H,6,7). The van der Waals surface area contributed by atoms with Gasteiger partial charge in [0.25, 0.3) is 0 Å². The summed E-state index contributed by atoms with van der Waals surface area (Å²) in [5.41, 5.74) is 1.85. The number of carboxylic acids is 1. The first-order valence-corrected chi connectivity index (χ1v) is 14.2. The van der Waals surface area contributed by atoms with Gasteiger partial charge in [-0.3, -0.25) is 9.69 Å². The van der Waals surface area contributed by atoms with E-state index in [9.17, 15) is 23.1 Å². The molecule has 0 atom stereocenters. The number of carbonyl (C=O) groups is 2. The largest absolute Gasteiger partial charge is 0.508 e. The van der Waals surface area contributed by atoms with Gasteiger partial charge in [0, 0.05) is 52.9 Å². The third kappa shape index (κ3) is 6.57. The number of hydrogen-bond donors (Lipinski definition) is 3. The van der Waals surface area contributed by atoms with Gasteiger partial charge in [-0.2, -0.15) is 13.2 Å². The Bertz CT molecular complexity index is 1460. The maximum atomic E-state index is 12.9. The Morgan fingerprint density at radius 2 is 1.83 bits per heavy atom. The molecule has 6 rings (SSSR count). The molecule has 0 saturated carbocycles. The highest BCUT2D eigenvalue weighted by Gasteiger charge is 2.39. The van der Waals surface area contributed by atoms with Crippen molar-refractivity contribution in [2.24, 2.45) is 0 Å². The van der Waals surface area contributed by atoms with Gasteiger partial charge in [-0.15, -0.1) is 11.3 Å². The SMILES string of the molecule is O=C(C=CCN1C2CCC1CC2)N1CCc2c(sc3ncnc(Nc4cc(O)cc(Cl)c4)c23)C1.O=C(O)C(F)(F)F. The van der Waals surface area contributed by atoms with Gasteiger partial charge in [-0.05, 0) is 49.8 Å². The number of phenolic OH excluding ortho intramolecular Hbond substituents is 1. The molecule has 1 amide bonds. The molecule has 3 aromatic rings. The molecular weight excluding hydrogens is 583 g/mol. The molecule has 2 aromatic heterocycles. The topological polar surface area (TPSA) is 119 Å². The second-order valence-corrected chi connectivity index (χ2v) is 11.6. The number of aliphatic carboxylic acids is 1. The summed E-state index contributed by atoms with van der Waals surface area (Å²) in [6.45, 7) is 2.14. The van der Waals surface area contributed by atoms with Crippen molar-refractivity contribution in [2.75, 3.05) is 18.4 Å². The van der Waals surface area contributed by atoms with E-state index in [0.717, 1.165) is 40.1 Å². The third-order valence-electron chi connectivity index (χ3n) is 7.52. The summed E-state index contributed by atoms with van der Waals surface area (Å²) in [6.07, 6.45) is 6.26. The van der Waals surface area contributed by atoms with E-state index >= 15 is 0 Å².